The fourth-order valence-electron chi connectivity index (χ4n) is 3.20. The zero-order valence-electron chi connectivity index (χ0n) is 17.3. The summed E-state index contributed by atoms with van der Waals surface area (Å²) >= 11 is 0. The molecule has 1 unspecified atom stereocenters. The molecule has 1 saturated heterocycles. The SMILES string of the molecule is CCC(C)c1ccc(S(=O)(=O)N2CCN(CCCS(=O)(=O)N(C)C)CC2)cc1. The molecule has 0 saturated carbocycles. The highest BCUT2D eigenvalue weighted by Crippen LogP contribution is 2.23. The van der Waals surface area contributed by atoms with Gasteiger partial charge in [-0.15, -0.1) is 0 Å². The molecule has 9 heteroatoms. The van der Waals surface area contributed by atoms with E-state index in [1.54, 1.807) is 12.1 Å². The number of hydrogen-bond donors (Lipinski definition) is 0. The molecule has 28 heavy (non-hydrogen) atoms. The van der Waals surface area contributed by atoms with E-state index in [2.05, 4.69) is 18.7 Å². The molecule has 0 bridgehead atoms. The number of hydrogen-bond acceptors (Lipinski definition) is 5. The van der Waals surface area contributed by atoms with E-state index in [-0.39, 0.29) is 5.75 Å². The maximum absolute atomic E-state index is 12.9. The summed E-state index contributed by atoms with van der Waals surface area (Å²) in [6, 6.07) is 7.22. The average molecular weight is 432 g/mol. The number of sulfonamides is 2. The van der Waals surface area contributed by atoms with Gasteiger partial charge in [0.1, 0.15) is 0 Å². The highest BCUT2D eigenvalue weighted by Gasteiger charge is 2.28. The van der Waals surface area contributed by atoms with Gasteiger partial charge in [-0.2, -0.15) is 4.31 Å². The van der Waals surface area contributed by atoms with Crippen LogP contribution in [0.25, 0.3) is 0 Å². The lowest BCUT2D eigenvalue weighted by atomic mass is 9.99. The molecule has 1 aromatic carbocycles. The minimum atomic E-state index is -3.49. The zero-order valence-corrected chi connectivity index (χ0v) is 19.0. The van der Waals surface area contributed by atoms with Crippen molar-refractivity contribution in [1.29, 1.82) is 0 Å². The molecule has 0 radical (unpaired) electrons. The van der Waals surface area contributed by atoms with Gasteiger partial charge in [0.15, 0.2) is 0 Å². The minimum Gasteiger partial charge on any atom is -0.301 e. The Labute approximate surface area is 170 Å². The Balaban J connectivity index is 1.89. The highest BCUT2D eigenvalue weighted by atomic mass is 32.2. The van der Waals surface area contributed by atoms with Gasteiger partial charge in [-0.05, 0) is 43.0 Å². The molecular formula is C19H33N3O4S2. The Bertz CT molecular complexity index is 828. The van der Waals surface area contributed by atoms with E-state index in [1.165, 1.54) is 22.7 Å². The first-order valence-corrected chi connectivity index (χ1v) is 12.9. The van der Waals surface area contributed by atoms with E-state index in [0.29, 0.717) is 50.0 Å². The van der Waals surface area contributed by atoms with Crippen LogP contribution in [0.5, 0.6) is 0 Å². The predicted molar refractivity (Wildman–Crippen MR) is 112 cm³/mol. The van der Waals surface area contributed by atoms with Gasteiger partial charge in [0.05, 0.1) is 10.6 Å². The Kier molecular flexibility index (Phi) is 8.04. The van der Waals surface area contributed by atoms with Crippen molar-refractivity contribution in [2.24, 2.45) is 0 Å². The first-order valence-electron chi connectivity index (χ1n) is 9.80. The molecule has 0 N–H and O–H groups in total. The Morgan fingerprint density at radius 3 is 2.07 bits per heavy atom. The smallest absolute Gasteiger partial charge is 0.243 e. The van der Waals surface area contributed by atoms with E-state index in [1.807, 2.05) is 12.1 Å². The molecule has 160 valence electrons. The number of nitrogens with zero attached hydrogens (tertiary/aromatic N) is 3. The van der Waals surface area contributed by atoms with Crippen molar-refractivity contribution in [2.45, 2.75) is 37.5 Å². The molecule has 1 heterocycles. The van der Waals surface area contributed by atoms with Crippen molar-refractivity contribution in [2.75, 3.05) is 52.6 Å². The van der Waals surface area contributed by atoms with Crippen LogP contribution < -0.4 is 0 Å². The Hall–Kier alpha value is -1.00. The van der Waals surface area contributed by atoms with Crippen LogP contribution in [0, 0.1) is 0 Å². The molecule has 1 aliphatic rings. The molecule has 7 nitrogen and oxygen atoms in total. The van der Waals surface area contributed by atoms with E-state index in [9.17, 15) is 16.8 Å². The molecule has 0 aromatic heterocycles. The first-order chi connectivity index (χ1) is 13.1. The topological polar surface area (TPSA) is 78.0 Å². The summed E-state index contributed by atoms with van der Waals surface area (Å²) in [6.07, 6.45) is 1.56. The molecule has 2 rings (SSSR count). The van der Waals surface area contributed by atoms with Crippen LogP contribution in [0.3, 0.4) is 0 Å². The Morgan fingerprint density at radius 2 is 1.57 bits per heavy atom. The van der Waals surface area contributed by atoms with Crippen LogP contribution in [-0.2, 0) is 20.0 Å². The van der Waals surface area contributed by atoms with Gasteiger partial charge in [0.25, 0.3) is 0 Å². The number of piperazine rings is 1. The average Bonchev–Trinajstić information content (AvgIpc) is 2.67. The minimum absolute atomic E-state index is 0.112. The normalized spacial score (nSPS) is 18.5. The zero-order chi connectivity index (χ0) is 20.9. The molecule has 1 fully saturated rings. The van der Waals surface area contributed by atoms with E-state index < -0.39 is 20.0 Å². The molecule has 0 spiro atoms. The maximum Gasteiger partial charge on any atom is 0.243 e. The summed E-state index contributed by atoms with van der Waals surface area (Å²) < 4.78 is 52.2. The lowest BCUT2D eigenvalue weighted by Gasteiger charge is -2.34. The third-order valence-corrected chi connectivity index (χ3v) is 9.29. The molecule has 0 aliphatic carbocycles. The van der Waals surface area contributed by atoms with Crippen molar-refractivity contribution in [1.82, 2.24) is 13.5 Å². The molecule has 1 aromatic rings. The van der Waals surface area contributed by atoms with Gasteiger partial charge in [-0.25, -0.2) is 21.1 Å². The fourth-order valence-corrected chi connectivity index (χ4v) is 5.48. The second-order valence-corrected chi connectivity index (χ2v) is 11.8. The van der Waals surface area contributed by atoms with Crippen molar-refractivity contribution < 1.29 is 16.8 Å². The van der Waals surface area contributed by atoms with Gasteiger partial charge in [-0.1, -0.05) is 26.0 Å². The van der Waals surface area contributed by atoms with Crippen LogP contribution >= 0.6 is 0 Å². The van der Waals surface area contributed by atoms with E-state index in [4.69, 9.17) is 0 Å². The molecule has 1 aliphatic heterocycles. The van der Waals surface area contributed by atoms with Crippen molar-refractivity contribution in [3.63, 3.8) is 0 Å². The number of rotatable bonds is 9. The van der Waals surface area contributed by atoms with Gasteiger partial charge in [0, 0.05) is 40.3 Å². The van der Waals surface area contributed by atoms with E-state index >= 15 is 0 Å². The van der Waals surface area contributed by atoms with Gasteiger partial charge in [0.2, 0.25) is 20.0 Å². The predicted octanol–water partition coefficient (Wildman–Crippen LogP) is 1.79. The second kappa shape index (κ2) is 9.67. The third-order valence-electron chi connectivity index (χ3n) is 5.46. The van der Waals surface area contributed by atoms with Crippen molar-refractivity contribution in [3.05, 3.63) is 29.8 Å². The summed E-state index contributed by atoms with van der Waals surface area (Å²) in [5, 5.41) is 0. The number of benzene rings is 1. The standard InChI is InChI=1S/C19H33N3O4S2/c1-5-17(2)18-7-9-19(10-8-18)28(25,26)22-14-12-21(13-15-22)11-6-16-27(23,24)20(3)4/h7-10,17H,5-6,11-16H2,1-4H3. The van der Waals surface area contributed by atoms with Crippen molar-refractivity contribution >= 4 is 20.0 Å². The first kappa shape index (κ1) is 23.3. The maximum atomic E-state index is 12.9. The van der Waals surface area contributed by atoms with E-state index in [0.717, 1.165) is 12.0 Å². The van der Waals surface area contributed by atoms with Gasteiger partial charge < -0.3 is 4.90 Å². The largest absolute Gasteiger partial charge is 0.301 e. The fraction of sp³-hybridized carbons (Fsp3) is 0.684. The van der Waals surface area contributed by atoms with Crippen LogP contribution in [-0.4, -0.2) is 82.9 Å². The quantitative estimate of drug-likeness (QED) is 0.596. The van der Waals surface area contributed by atoms with Crippen LogP contribution in [0.15, 0.2) is 29.2 Å². The monoisotopic (exact) mass is 431 g/mol. The summed E-state index contributed by atoms with van der Waals surface area (Å²) in [4.78, 5) is 2.47. The van der Waals surface area contributed by atoms with Gasteiger partial charge >= 0.3 is 0 Å². The highest BCUT2D eigenvalue weighted by molar-refractivity contribution is 7.89. The second-order valence-electron chi connectivity index (χ2n) is 7.58. The summed E-state index contributed by atoms with van der Waals surface area (Å²) in [5.41, 5.74) is 1.15. The lowest BCUT2D eigenvalue weighted by Crippen LogP contribution is -2.48. The van der Waals surface area contributed by atoms with Crippen molar-refractivity contribution in [3.8, 4) is 0 Å². The molecule has 0 amide bonds. The summed E-state index contributed by atoms with van der Waals surface area (Å²) in [7, 11) is -3.59. The lowest BCUT2D eigenvalue weighted by molar-refractivity contribution is 0.189. The van der Waals surface area contributed by atoms with Crippen LogP contribution in [0.2, 0.25) is 0 Å². The van der Waals surface area contributed by atoms with Crippen LogP contribution in [0.1, 0.15) is 38.2 Å². The third kappa shape index (κ3) is 5.76. The summed E-state index contributed by atoms with van der Waals surface area (Å²) in [5.74, 6) is 0.526. The molecular weight excluding hydrogens is 398 g/mol. The molecule has 1 atom stereocenters. The van der Waals surface area contributed by atoms with Crippen LogP contribution in [0.4, 0.5) is 0 Å². The summed E-state index contributed by atoms with van der Waals surface area (Å²) in [6.45, 7) is 6.99. The van der Waals surface area contributed by atoms with Gasteiger partial charge in [-0.3, -0.25) is 0 Å². The Morgan fingerprint density at radius 1 is 1.00 bits per heavy atom.